The summed E-state index contributed by atoms with van der Waals surface area (Å²) >= 11 is 18.2. The van der Waals surface area contributed by atoms with Gasteiger partial charge in [-0.3, -0.25) is 9.59 Å². The molecule has 4 rings (SSSR count). The number of likely N-dealkylation sites (tertiary alicyclic amines) is 1. The largest absolute Gasteiger partial charge is 0.339 e. The SMILES string of the molecule is Cc1ccc(C(=O)N2CCC(c3ccc(Cl)cc3Cl)CC2)cc1NC(=O)c1ccc(Cl)nc1. The third kappa shape index (κ3) is 5.49. The molecule has 5 nitrogen and oxygen atoms in total. The van der Waals surface area contributed by atoms with E-state index in [2.05, 4.69) is 10.3 Å². The molecule has 0 aliphatic carbocycles. The molecule has 2 heterocycles. The lowest BCUT2D eigenvalue weighted by molar-refractivity contribution is 0.0713. The Kier molecular flexibility index (Phi) is 7.23. The topological polar surface area (TPSA) is 62.3 Å². The van der Waals surface area contributed by atoms with Gasteiger partial charge in [-0.15, -0.1) is 0 Å². The Morgan fingerprint density at radius 1 is 0.970 bits per heavy atom. The van der Waals surface area contributed by atoms with Crippen LogP contribution in [-0.2, 0) is 0 Å². The zero-order valence-electron chi connectivity index (χ0n) is 17.9. The number of anilines is 1. The molecule has 0 bridgehead atoms. The second-order valence-corrected chi connectivity index (χ2v) is 9.32. The normalized spacial score (nSPS) is 14.2. The Morgan fingerprint density at radius 2 is 1.70 bits per heavy atom. The van der Waals surface area contributed by atoms with Crippen LogP contribution < -0.4 is 5.32 Å². The zero-order valence-corrected chi connectivity index (χ0v) is 20.2. The fraction of sp³-hybridized carbons (Fsp3) is 0.240. The van der Waals surface area contributed by atoms with Crippen molar-refractivity contribution in [1.82, 2.24) is 9.88 Å². The number of carbonyl (C=O) groups is 2. The molecule has 0 spiro atoms. The number of nitrogens with zero attached hydrogens (tertiary/aromatic N) is 2. The van der Waals surface area contributed by atoms with Crippen LogP contribution in [0.5, 0.6) is 0 Å². The number of benzene rings is 2. The van der Waals surface area contributed by atoms with E-state index in [9.17, 15) is 9.59 Å². The maximum Gasteiger partial charge on any atom is 0.257 e. The van der Waals surface area contributed by atoms with Crippen molar-refractivity contribution in [3.63, 3.8) is 0 Å². The van der Waals surface area contributed by atoms with E-state index < -0.39 is 0 Å². The fourth-order valence-corrected chi connectivity index (χ4v) is 4.68. The van der Waals surface area contributed by atoms with E-state index >= 15 is 0 Å². The molecule has 2 amide bonds. The molecular formula is C25H22Cl3N3O2. The van der Waals surface area contributed by atoms with Crippen LogP contribution in [0.3, 0.4) is 0 Å². The van der Waals surface area contributed by atoms with Crippen LogP contribution in [0.4, 0.5) is 5.69 Å². The van der Waals surface area contributed by atoms with Gasteiger partial charge in [0.1, 0.15) is 5.15 Å². The van der Waals surface area contributed by atoms with Crippen LogP contribution in [0.1, 0.15) is 50.6 Å². The molecule has 0 saturated carbocycles. The Morgan fingerprint density at radius 3 is 2.36 bits per heavy atom. The number of aryl methyl sites for hydroxylation is 1. The number of halogens is 3. The van der Waals surface area contributed by atoms with Gasteiger partial charge in [0.15, 0.2) is 0 Å². The second kappa shape index (κ2) is 10.1. The molecule has 0 radical (unpaired) electrons. The van der Waals surface area contributed by atoms with Crippen molar-refractivity contribution in [3.05, 3.63) is 92.2 Å². The standard InChI is InChI=1S/C25H22Cl3N3O2/c1-15-2-3-17(12-22(15)30-24(32)18-4-7-23(28)29-14-18)25(33)31-10-8-16(9-11-31)20-6-5-19(26)13-21(20)27/h2-7,12-14,16H,8-11H2,1H3,(H,30,32). The molecule has 0 unspecified atom stereocenters. The summed E-state index contributed by atoms with van der Waals surface area (Å²) in [5.74, 6) is -0.0773. The van der Waals surface area contributed by atoms with E-state index in [1.165, 1.54) is 6.20 Å². The van der Waals surface area contributed by atoms with Gasteiger partial charge in [0, 0.05) is 40.6 Å². The lowest BCUT2D eigenvalue weighted by atomic mass is 9.89. The molecule has 3 aromatic rings. The molecule has 170 valence electrons. The molecule has 0 atom stereocenters. The lowest BCUT2D eigenvalue weighted by Crippen LogP contribution is -2.38. The van der Waals surface area contributed by atoms with Gasteiger partial charge in [-0.1, -0.05) is 46.9 Å². The summed E-state index contributed by atoms with van der Waals surface area (Å²) in [7, 11) is 0. The summed E-state index contributed by atoms with van der Waals surface area (Å²) in [6, 6.07) is 14.1. The Bertz CT molecular complexity index is 1190. The molecular weight excluding hydrogens is 481 g/mol. The monoisotopic (exact) mass is 501 g/mol. The van der Waals surface area contributed by atoms with E-state index in [0.717, 1.165) is 24.0 Å². The van der Waals surface area contributed by atoms with Gasteiger partial charge in [-0.2, -0.15) is 0 Å². The van der Waals surface area contributed by atoms with Crippen LogP contribution in [0.2, 0.25) is 15.2 Å². The van der Waals surface area contributed by atoms with Gasteiger partial charge in [0.05, 0.1) is 5.56 Å². The highest BCUT2D eigenvalue weighted by Crippen LogP contribution is 2.34. The molecule has 1 aromatic heterocycles. The minimum absolute atomic E-state index is 0.0562. The average Bonchev–Trinajstić information content (AvgIpc) is 2.80. The van der Waals surface area contributed by atoms with E-state index in [1.54, 1.807) is 30.3 Å². The van der Waals surface area contributed by atoms with Crippen LogP contribution in [0, 0.1) is 6.92 Å². The smallest absolute Gasteiger partial charge is 0.257 e. The first-order valence-corrected chi connectivity index (χ1v) is 11.7. The fourth-order valence-electron chi connectivity index (χ4n) is 4.00. The Hall–Kier alpha value is -2.60. The van der Waals surface area contributed by atoms with Crippen molar-refractivity contribution in [2.75, 3.05) is 18.4 Å². The second-order valence-electron chi connectivity index (χ2n) is 8.09. The number of amides is 2. The lowest BCUT2D eigenvalue weighted by Gasteiger charge is -2.32. The molecule has 1 fully saturated rings. The molecule has 1 aliphatic heterocycles. The summed E-state index contributed by atoms with van der Waals surface area (Å²) in [4.78, 5) is 31.5. The number of hydrogen-bond donors (Lipinski definition) is 1. The highest BCUT2D eigenvalue weighted by molar-refractivity contribution is 6.35. The third-order valence-electron chi connectivity index (χ3n) is 5.91. The van der Waals surface area contributed by atoms with Crippen LogP contribution in [0.25, 0.3) is 0 Å². The highest BCUT2D eigenvalue weighted by Gasteiger charge is 2.26. The Balaban J connectivity index is 1.43. The van der Waals surface area contributed by atoms with E-state index in [0.29, 0.717) is 51.0 Å². The van der Waals surface area contributed by atoms with Gasteiger partial charge >= 0.3 is 0 Å². The summed E-state index contributed by atoms with van der Waals surface area (Å²) < 4.78 is 0. The molecule has 1 N–H and O–H groups in total. The molecule has 8 heteroatoms. The minimum Gasteiger partial charge on any atom is -0.339 e. The van der Waals surface area contributed by atoms with E-state index in [-0.39, 0.29) is 11.8 Å². The van der Waals surface area contributed by atoms with Crippen molar-refractivity contribution < 1.29 is 9.59 Å². The number of nitrogens with one attached hydrogen (secondary N) is 1. The maximum atomic E-state index is 13.2. The van der Waals surface area contributed by atoms with Crippen molar-refractivity contribution in [1.29, 1.82) is 0 Å². The van der Waals surface area contributed by atoms with Gasteiger partial charge in [-0.05, 0) is 73.2 Å². The van der Waals surface area contributed by atoms with Crippen LogP contribution in [-0.4, -0.2) is 34.8 Å². The Labute approximate surface area is 207 Å². The maximum absolute atomic E-state index is 13.2. The van der Waals surface area contributed by atoms with Crippen LogP contribution >= 0.6 is 34.8 Å². The highest BCUT2D eigenvalue weighted by atomic mass is 35.5. The first-order valence-electron chi connectivity index (χ1n) is 10.6. The van der Waals surface area contributed by atoms with E-state index in [4.69, 9.17) is 34.8 Å². The number of hydrogen-bond acceptors (Lipinski definition) is 3. The van der Waals surface area contributed by atoms with Crippen molar-refractivity contribution in [3.8, 4) is 0 Å². The molecule has 1 aliphatic rings. The van der Waals surface area contributed by atoms with Gasteiger partial charge in [-0.25, -0.2) is 4.98 Å². The number of carbonyl (C=O) groups excluding carboxylic acids is 2. The first-order chi connectivity index (χ1) is 15.8. The number of rotatable bonds is 4. The minimum atomic E-state index is -0.312. The van der Waals surface area contributed by atoms with Crippen molar-refractivity contribution in [2.24, 2.45) is 0 Å². The zero-order chi connectivity index (χ0) is 23.5. The summed E-state index contributed by atoms with van der Waals surface area (Å²) in [6.07, 6.45) is 3.07. The summed E-state index contributed by atoms with van der Waals surface area (Å²) in [6.45, 7) is 3.15. The van der Waals surface area contributed by atoms with Crippen LogP contribution in [0.15, 0.2) is 54.7 Å². The van der Waals surface area contributed by atoms with Gasteiger partial charge in [0.2, 0.25) is 0 Å². The van der Waals surface area contributed by atoms with Crippen molar-refractivity contribution >= 4 is 52.3 Å². The predicted octanol–water partition coefficient (Wildman–Crippen LogP) is 6.62. The number of pyridine rings is 1. The first kappa shape index (κ1) is 23.6. The third-order valence-corrected chi connectivity index (χ3v) is 6.69. The predicted molar refractivity (Wildman–Crippen MR) is 133 cm³/mol. The molecule has 33 heavy (non-hydrogen) atoms. The van der Waals surface area contributed by atoms with Gasteiger partial charge in [0.25, 0.3) is 11.8 Å². The van der Waals surface area contributed by atoms with E-state index in [1.807, 2.05) is 30.0 Å². The molecule has 1 saturated heterocycles. The number of piperidine rings is 1. The average molecular weight is 503 g/mol. The van der Waals surface area contributed by atoms with Gasteiger partial charge < -0.3 is 10.2 Å². The number of aromatic nitrogens is 1. The summed E-state index contributed by atoms with van der Waals surface area (Å²) in [5.41, 5.74) is 3.44. The van der Waals surface area contributed by atoms with Crippen molar-refractivity contribution in [2.45, 2.75) is 25.7 Å². The molecule has 2 aromatic carbocycles. The quantitative estimate of drug-likeness (QED) is 0.408. The summed E-state index contributed by atoms with van der Waals surface area (Å²) in [5, 5.41) is 4.47.